The molecule has 3 rings (SSSR count). The highest BCUT2D eigenvalue weighted by Crippen LogP contribution is 2.27. The summed E-state index contributed by atoms with van der Waals surface area (Å²) in [4.78, 5) is 12.5. The molecule has 0 saturated carbocycles. The molecule has 0 aliphatic rings. The van der Waals surface area contributed by atoms with Gasteiger partial charge in [0.1, 0.15) is 10.6 Å². The lowest BCUT2D eigenvalue weighted by Gasteiger charge is -2.13. The van der Waals surface area contributed by atoms with E-state index in [0.29, 0.717) is 11.4 Å². The SMILES string of the molecule is COc1ccc(C(=O)Nc2cccc(C)c2)cc1S(=O)(=O)Nc1ccc(C)cc1. The Balaban J connectivity index is 1.91. The Morgan fingerprint density at radius 2 is 1.59 bits per heavy atom. The van der Waals surface area contributed by atoms with E-state index in [-0.39, 0.29) is 16.2 Å². The number of methoxy groups -OCH3 is 1. The number of benzene rings is 3. The van der Waals surface area contributed by atoms with Crippen LogP contribution in [0.25, 0.3) is 0 Å². The Labute approximate surface area is 170 Å². The minimum Gasteiger partial charge on any atom is -0.495 e. The van der Waals surface area contributed by atoms with E-state index in [4.69, 9.17) is 4.74 Å². The number of sulfonamides is 1. The predicted molar refractivity (Wildman–Crippen MR) is 114 cm³/mol. The van der Waals surface area contributed by atoms with E-state index in [0.717, 1.165) is 11.1 Å². The van der Waals surface area contributed by atoms with Crippen molar-refractivity contribution in [1.29, 1.82) is 0 Å². The Bertz CT molecular complexity index is 1140. The molecule has 3 aromatic rings. The molecule has 150 valence electrons. The van der Waals surface area contributed by atoms with Gasteiger partial charge in [0, 0.05) is 16.9 Å². The van der Waals surface area contributed by atoms with Gasteiger partial charge in [-0.1, -0.05) is 29.8 Å². The van der Waals surface area contributed by atoms with Gasteiger partial charge in [-0.25, -0.2) is 8.42 Å². The number of hydrogen-bond donors (Lipinski definition) is 2. The zero-order valence-corrected chi connectivity index (χ0v) is 17.2. The zero-order valence-electron chi connectivity index (χ0n) is 16.4. The van der Waals surface area contributed by atoms with E-state index in [1.54, 1.807) is 30.3 Å². The summed E-state index contributed by atoms with van der Waals surface area (Å²) in [5.41, 5.74) is 3.28. The highest BCUT2D eigenvalue weighted by atomic mass is 32.2. The second kappa shape index (κ2) is 8.36. The summed E-state index contributed by atoms with van der Waals surface area (Å²) < 4.78 is 33.6. The summed E-state index contributed by atoms with van der Waals surface area (Å²) in [5, 5.41) is 2.78. The highest BCUT2D eigenvalue weighted by Gasteiger charge is 2.22. The maximum atomic E-state index is 12.9. The Morgan fingerprint density at radius 1 is 0.862 bits per heavy atom. The predicted octanol–water partition coefficient (Wildman–Crippen LogP) is 4.37. The lowest BCUT2D eigenvalue weighted by Crippen LogP contribution is -2.17. The standard InChI is InChI=1S/C22H22N2O4S/c1-15-7-10-18(11-8-15)24-29(26,27)21-14-17(9-12-20(21)28-3)22(25)23-19-6-4-5-16(2)13-19/h4-14,24H,1-3H3,(H,23,25). The van der Waals surface area contributed by atoms with Crippen molar-refractivity contribution in [2.24, 2.45) is 0 Å². The smallest absolute Gasteiger partial charge is 0.265 e. The molecule has 7 heteroatoms. The topological polar surface area (TPSA) is 84.5 Å². The molecule has 0 fully saturated rings. The first-order valence-electron chi connectivity index (χ1n) is 8.94. The van der Waals surface area contributed by atoms with Crippen LogP contribution >= 0.6 is 0 Å². The number of carbonyl (C=O) groups is 1. The fraction of sp³-hybridized carbons (Fsp3) is 0.136. The van der Waals surface area contributed by atoms with Crippen LogP contribution in [0.15, 0.2) is 71.6 Å². The molecule has 0 aromatic heterocycles. The Kier molecular flexibility index (Phi) is 5.89. The normalized spacial score (nSPS) is 11.0. The number of carbonyl (C=O) groups excluding carboxylic acids is 1. The number of anilines is 2. The number of hydrogen-bond acceptors (Lipinski definition) is 4. The van der Waals surface area contributed by atoms with E-state index in [2.05, 4.69) is 10.0 Å². The average Bonchev–Trinajstić information content (AvgIpc) is 2.69. The van der Waals surface area contributed by atoms with Crippen molar-refractivity contribution >= 4 is 27.3 Å². The molecular weight excluding hydrogens is 388 g/mol. The summed E-state index contributed by atoms with van der Waals surface area (Å²) in [6.45, 7) is 3.84. The molecule has 0 unspecified atom stereocenters. The molecule has 1 amide bonds. The van der Waals surface area contributed by atoms with Gasteiger partial charge in [0.15, 0.2) is 0 Å². The van der Waals surface area contributed by atoms with E-state index >= 15 is 0 Å². The lowest BCUT2D eigenvalue weighted by molar-refractivity contribution is 0.102. The number of aryl methyl sites for hydroxylation is 2. The van der Waals surface area contributed by atoms with E-state index in [1.165, 1.54) is 25.3 Å². The van der Waals surface area contributed by atoms with Gasteiger partial charge in [0.05, 0.1) is 7.11 Å². The molecule has 0 heterocycles. The second-order valence-electron chi connectivity index (χ2n) is 6.66. The van der Waals surface area contributed by atoms with Gasteiger partial charge in [0.2, 0.25) is 0 Å². The molecule has 3 aromatic carbocycles. The van der Waals surface area contributed by atoms with Crippen LogP contribution in [0, 0.1) is 13.8 Å². The third kappa shape index (κ3) is 4.94. The monoisotopic (exact) mass is 410 g/mol. The summed E-state index contributed by atoms with van der Waals surface area (Å²) in [7, 11) is -2.58. The van der Waals surface area contributed by atoms with Crippen molar-refractivity contribution in [3.63, 3.8) is 0 Å². The van der Waals surface area contributed by atoms with Gasteiger partial charge >= 0.3 is 0 Å². The second-order valence-corrected chi connectivity index (χ2v) is 8.31. The van der Waals surface area contributed by atoms with Crippen LogP contribution in [0.2, 0.25) is 0 Å². The molecule has 6 nitrogen and oxygen atoms in total. The molecule has 0 atom stereocenters. The Morgan fingerprint density at radius 3 is 2.24 bits per heavy atom. The van der Waals surface area contributed by atoms with Crippen LogP contribution < -0.4 is 14.8 Å². The fourth-order valence-electron chi connectivity index (χ4n) is 2.79. The first kappa shape index (κ1) is 20.4. The molecular formula is C22H22N2O4S. The minimum absolute atomic E-state index is 0.113. The van der Waals surface area contributed by atoms with Crippen LogP contribution in [-0.4, -0.2) is 21.4 Å². The fourth-order valence-corrected chi connectivity index (χ4v) is 4.04. The average molecular weight is 410 g/mol. The molecule has 29 heavy (non-hydrogen) atoms. The lowest BCUT2D eigenvalue weighted by atomic mass is 10.2. The largest absolute Gasteiger partial charge is 0.495 e. The van der Waals surface area contributed by atoms with Crippen molar-refractivity contribution in [2.75, 3.05) is 17.1 Å². The molecule has 2 N–H and O–H groups in total. The van der Waals surface area contributed by atoms with E-state index in [9.17, 15) is 13.2 Å². The van der Waals surface area contributed by atoms with Gasteiger partial charge < -0.3 is 10.1 Å². The summed E-state index contributed by atoms with van der Waals surface area (Å²) in [5.74, 6) is -0.262. The quantitative estimate of drug-likeness (QED) is 0.632. The van der Waals surface area contributed by atoms with Crippen LogP contribution in [0.4, 0.5) is 11.4 Å². The van der Waals surface area contributed by atoms with Crippen LogP contribution in [-0.2, 0) is 10.0 Å². The first-order valence-corrected chi connectivity index (χ1v) is 10.4. The van der Waals surface area contributed by atoms with Crippen molar-refractivity contribution < 1.29 is 17.9 Å². The molecule has 0 saturated heterocycles. The van der Waals surface area contributed by atoms with Crippen molar-refractivity contribution in [2.45, 2.75) is 18.7 Å². The Hall–Kier alpha value is -3.32. The van der Waals surface area contributed by atoms with Crippen LogP contribution in [0.1, 0.15) is 21.5 Å². The summed E-state index contributed by atoms with van der Waals surface area (Å²) >= 11 is 0. The van der Waals surface area contributed by atoms with Gasteiger partial charge in [-0.2, -0.15) is 0 Å². The van der Waals surface area contributed by atoms with Gasteiger partial charge in [-0.05, 0) is 61.9 Å². The van der Waals surface area contributed by atoms with E-state index < -0.39 is 15.9 Å². The number of rotatable bonds is 6. The van der Waals surface area contributed by atoms with Gasteiger partial charge in [-0.15, -0.1) is 0 Å². The van der Waals surface area contributed by atoms with Crippen LogP contribution in [0.3, 0.4) is 0 Å². The zero-order chi connectivity index (χ0) is 21.0. The third-order valence-electron chi connectivity index (χ3n) is 4.30. The number of nitrogens with one attached hydrogen (secondary N) is 2. The summed E-state index contributed by atoms with van der Waals surface area (Å²) in [6.07, 6.45) is 0. The molecule has 0 spiro atoms. The van der Waals surface area contributed by atoms with Crippen LogP contribution in [0.5, 0.6) is 5.75 Å². The third-order valence-corrected chi connectivity index (χ3v) is 5.70. The van der Waals surface area contributed by atoms with Gasteiger partial charge in [-0.3, -0.25) is 9.52 Å². The van der Waals surface area contributed by atoms with Crippen molar-refractivity contribution in [1.82, 2.24) is 0 Å². The first-order chi connectivity index (χ1) is 13.8. The number of ether oxygens (including phenoxy) is 1. The molecule has 0 aliphatic carbocycles. The van der Waals surface area contributed by atoms with Crippen molar-refractivity contribution in [3.05, 3.63) is 83.4 Å². The maximum Gasteiger partial charge on any atom is 0.265 e. The molecule has 0 bridgehead atoms. The molecule has 0 radical (unpaired) electrons. The highest BCUT2D eigenvalue weighted by molar-refractivity contribution is 7.92. The summed E-state index contributed by atoms with van der Waals surface area (Å²) in [6, 6.07) is 18.6. The maximum absolute atomic E-state index is 12.9. The number of amides is 1. The van der Waals surface area contributed by atoms with Crippen molar-refractivity contribution in [3.8, 4) is 5.75 Å². The van der Waals surface area contributed by atoms with Gasteiger partial charge in [0.25, 0.3) is 15.9 Å². The molecule has 0 aliphatic heterocycles. The minimum atomic E-state index is -3.96. The van der Waals surface area contributed by atoms with E-state index in [1.807, 2.05) is 32.0 Å².